The van der Waals surface area contributed by atoms with Gasteiger partial charge in [-0.05, 0) is 12.1 Å². The third kappa shape index (κ3) is 1.84. The Balaban J connectivity index is 1.79. The van der Waals surface area contributed by atoms with Gasteiger partial charge in [-0.15, -0.1) is 0 Å². The first-order valence-electron chi connectivity index (χ1n) is 6.94. The highest BCUT2D eigenvalue weighted by atomic mass is 16.5. The van der Waals surface area contributed by atoms with E-state index in [9.17, 15) is 0 Å². The maximum absolute atomic E-state index is 6.27. The molecule has 1 aliphatic heterocycles. The van der Waals surface area contributed by atoms with Crippen LogP contribution in [-0.2, 0) is 6.54 Å². The van der Waals surface area contributed by atoms with Crippen molar-refractivity contribution in [2.75, 3.05) is 0 Å². The minimum absolute atomic E-state index is 0.142. The van der Waals surface area contributed by atoms with E-state index in [1.165, 1.54) is 0 Å². The molecule has 4 rings (SSSR count). The second-order valence-corrected chi connectivity index (χ2v) is 5.06. The van der Waals surface area contributed by atoms with E-state index in [1.807, 2.05) is 48.9 Å². The van der Waals surface area contributed by atoms with Gasteiger partial charge in [0, 0.05) is 17.7 Å². The summed E-state index contributed by atoms with van der Waals surface area (Å²) in [6, 6.07) is 16.1. The molecule has 2 heterocycles. The van der Waals surface area contributed by atoms with Crippen molar-refractivity contribution in [1.82, 2.24) is 9.55 Å². The molecule has 0 spiro atoms. The summed E-state index contributed by atoms with van der Waals surface area (Å²) in [5.74, 6) is 0.828. The van der Waals surface area contributed by atoms with E-state index in [0.29, 0.717) is 6.54 Å². The molecule has 1 aromatic heterocycles. The van der Waals surface area contributed by atoms with E-state index in [2.05, 4.69) is 21.7 Å². The number of benzene rings is 2. The number of para-hydroxylation sites is 2. The van der Waals surface area contributed by atoms with Crippen molar-refractivity contribution >= 4 is 0 Å². The molecule has 2 N–H and O–H groups in total. The Bertz CT molecular complexity index is 794. The molecule has 0 saturated carbocycles. The quantitative estimate of drug-likeness (QED) is 0.801. The van der Waals surface area contributed by atoms with Gasteiger partial charge >= 0.3 is 0 Å². The Morgan fingerprint density at radius 2 is 1.90 bits per heavy atom. The highest BCUT2D eigenvalue weighted by Gasteiger charge is 2.30. The Kier molecular flexibility index (Phi) is 2.75. The Morgan fingerprint density at radius 1 is 1.10 bits per heavy atom. The average molecular weight is 277 g/mol. The van der Waals surface area contributed by atoms with Crippen LogP contribution in [0.1, 0.15) is 22.9 Å². The first-order chi connectivity index (χ1) is 10.4. The largest absolute Gasteiger partial charge is 0.479 e. The number of aromatic nitrogens is 2. The zero-order chi connectivity index (χ0) is 14.2. The van der Waals surface area contributed by atoms with Crippen LogP contribution in [0.15, 0.2) is 61.1 Å². The zero-order valence-electron chi connectivity index (χ0n) is 11.4. The minimum Gasteiger partial charge on any atom is -0.479 e. The molecule has 1 aliphatic rings. The molecule has 3 aromatic rings. The molecule has 4 nitrogen and oxygen atoms in total. The number of nitrogens with zero attached hydrogens (tertiary/aromatic N) is 2. The molecule has 0 amide bonds. The fourth-order valence-electron chi connectivity index (χ4n) is 2.83. The number of hydrogen-bond donors (Lipinski definition) is 1. The highest BCUT2D eigenvalue weighted by molar-refractivity contribution is 5.52. The van der Waals surface area contributed by atoms with Crippen LogP contribution in [0.25, 0.3) is 5.69 Å². The van der Waals surface area contributed by atoms with E-state index < -0.39 is 0 Å². The molecule has 1 atom stereocenters. The maximum atomic E-state index is 6.27. The van der Waals surface area contributed by atoms with Gasteiger partial charge in [0.05, 0.1) is 23.9 Å². The third-order valence-corrected chi connectivity index (χ3v) is 3.85. The van der Waals surface area contributed by atoms with Crippen LogP contribution in [0.4, 0.5) is 0 Å². The molecule has 104 valence electrons. The molecule has 2 aromatic carbocycles. The summed E-state index contributed by atoms with van der Waals surface area (Å²) in [5.41, 5.74) is 10.1. The Hall–Kier alpha value is -2.59. The minimum atomic E-state index is -0.142. The summed E-state index contributed by atoms with van der Waals surface area (Å²) >= 11 is 0. The third-order valence-electron chi connectivity index (χ3n) is 3.85. The lowest BCUT2D eigenvalue weighted by Crippen LogP contribution is -2.09. The van der Waals surface area contributed by atoms with Crippen molar-refractivity contribution in [2.45, 2.75) is 12.6 Å². The topological polar surface area (TPSA) is 53.1 Å². The van der Waals surface area contributed by atoms with Gasteiger partial charge in [-0.1, -0.05) is 36.4 Å². The first kappa shape index (κ1) is 12.2. The van der Waals surface area contributed by atoms with Crippen LogP contribution in [-0.4, -0.2) is 9.55 Å². The van der Waals surface area contributed by atoms with Crippen LogP contribution >= 0.6 is 0 Å². The molecular weight excluding hydrogens is 262 g/mol. The monoisotopic (exact) mass is 277 g/mol. The number of rotatable bonds is 3. The van der Waals surface area contributed by atoms with Crippen LogP contribution in [0.2, 0.25) is 0 Å². The summed E-state index contributed by atoms with van der Waals surface area (Å²) in [4.78, 5) is 4.24. The van der Waals surface area contributed by atoms with Crippen molar-refractivity contribution in [1.29, 1.82) is 0 Å². The van der Waals surface area contributed by atoms with Crippen LogP contribution in [0, 0.1) is 0 Å². The van der Waals surface area contributed by atoms with Gasteiger partial charge in [-0.3, -0.25) is 4.57 Å². The lowest BCUT2D eigenvalue weighted by molar-refractivity contribution is 0.246. The molecule has 0 saturated heterocycles. The van der Waals surface area contributed by atoms with Crippen LogP contribution in [0.5, 0.6) is 5.75 Å². The maximum Gasteiger partial charge on any atom is 0.168 e. The summed E-state index contributed by atoms with van der Waals surface area (Å²) < 4.78 is 8.34. The number of ether oxygens (including phenoxy) is 1. The number of hydrogen-bond acceptors (Lipinski definition) is 3. The Labute approximate surface area is 122 Å². The summed E-state index contributed by atoms with van der Waals surface area (Å²) in [5, 5.41) is 0. The molecule has 21 heavy (non-hydrogen) atoms. The second kappa shape index (κ2) is 4.75. The molecule has 4 heteroatoms. The standard InChI is InChI=1S/C17H15N3O/c18-9-12-5-1-4-8-16(12)21-17-13-6-2-3-7-14(13)20-11-19-10-15(17)20/h1-8,10-11,17H,9,18H2. The summed E-state index contributed by atoms with van der Waals surface area (Å²) in [7, 11) is 0. The van der Waals surface area contributed by atoms with Crippen LogP contribution in [0.3, 0.4) is 0 Å². The van der Waals surface area contributed by atoms with Crippen LogP contribution < -0.4 is 10.5 Å². The SMILES string of the molecule is NCc1ccccc1OC1c2ccccc2-n2cncc21. The first-order valence-corrected chi connectivity index (χ1v) is 6.94. The lowest BCUT2D eigenvalue weighted by atomic mass is 10.1. The van der Waals surface area contributed by atoms with Crippen molar-refractivity contribution < 1.29 is 4.74 Å². The smallest absolute Gasteiger partial charge is 0.168 e. The molecule has 0 radical (unpaired) electrons. The predicted octanol–water partition coefficient (Wildman–Crippen LogP) is 2.81. The van der Waals surface area contributed by atoms with Crippen molar-refractivity contribution in [2.24, 2.45) is 5.73 Å². The molecular formula is C17H15N3O. The average Bonchev–Trinajstić information content (AvgIpc) is 3.11. The van der Waals surface area contributed by atoms with Gasteiger partial charge in [-0.2, -0.15) is 0 Å². The predicted molar refractivity (Wildman–Crippen MR) is 80.4 cm³/mol. The molecule has 0 fully saturated rings. The van der Waals surface area contributed by atoms with Gasteiger partial charge in [0.1, 0.15) is 5.75 Å². The summed E-state index contributed by atoms with van der Waals surface area (Å²) in [6.07, 6.45) is 3.54. The molecule has 1 unspecified atom stereocenters. The van der Waals surface area contributed by atoms with E-state index in [-0.39, 0.29) is 6.10 Å². The Morgan fingerprint density at radius 3 is 2.81 bits per heavy atom. The fourth-order valence-corrected chi connectivity index (χ4v) is 2.83. The second-order valence-electron chi connectivity index (χ2n) is 5.06. The van der Waals surface area contributed by atoms with Gasteiger partial charge < -0.3 is 10.5 Å². The zero-order valence-corrected chi connectivity index (χ0v) is 11.4. The lowest BCUT2D eigenvalue weighted by Gasteiger charge is -2.17. The number of imidazole rings is 1. The molecule has 0 bridgehead atoms. The van der Waals surface area contributed by atoms with Gasteiger partial charge in [0.25, 0.3) is 0 Å². The number of nitrogens with two attached hydrogens (primary N) is 1. The summed E-state index contributed by atoms with van der Waals surface area (Å²) in [6.45, 7) is 0.462. The van der Waals surface area contributed by atoms with Crippen molar-refractivity contribution in [3.8, 4) is 11.4 Å². The highest BCUT2D eigenvalue weighted by Crippen LogP contribution is 2.39. The van der Waals surface area contributed by atoms with Gasteiger partial charge in [0.15, 0.2) is 6.10 Å². The molecule has 0 aliphatic carbocycles. The van der Waals surface area contributed by atoms with Crippen molar-refractivity contribution in [3.63, 3.8) is 0 Å². The van der Waals surface area contributed by atoms with Gasteiger partial charge in [0.2, 0.25) is 0 Å². The van der Waals surface area contributed by atoms with E-state index in [4.69, 9.17) is 10.5 Å². The number of fused-ring (bicyclic) bond motifs is 3. The van der Waals surface area contributed by atoms with Gasteiger partial charge in [-0.25, -0.2) is 4.98 Å². The van der Waals surface area contributed by atoms with E-state index in [0.717, 1.165) is 28.3 Å². The fraction of sp³-hybridized carbons (Fsp3) is 0.118. The van der Waals surface area contributed by atoms with E-state index >= 15 is 0 Å². The van der Waals surface area contributed by atoms with Crippen molar-refractivity contribution in [3.05, 3.63) is 77.9 Å². The normalized spacial score (nSPS) is 15.6. The van der Waals surface area contributed by atoms with E-state index in [1.54, 1.807) is 0 Å².